The average Bonchev–Trinajstić information content (AvgIpc) is 2.34. The lowest BCUT2D eigenvalue weighted by Gasteiger charge is -2.15. The first-order valence-corrected chi connectivity index (χ1v) is 6.11. The van der Waals surface area contributed by atoms with Gasteiger partial charge >= 0.3 is 0 Å². The van der Waals surface area contributed by atoms with Gasteiger partial charge in [0.05, 0.1) is 12.8 Å². The minimum atomic E-state index is 0.0421. The Bertz CT molecular complexity index is 633. The smallest absolute Gasteiger partial charge is 0.182 e. The second-order valence-corrected chi connectivity index (χ2v) is 4.64. The zero-order chi connectivity index (χ0) is 14.0. The molecule has 0 bridgehead atoms. The van der Waals surface area contributed by atoms with E-state index < -0.39 is 0 Å². The van der Waals surface area contributed by atoms with Crippen molar-refractivity contribution in [2.75, 3.05) is 12.8 Å². The van der Waals surface area contributed by atoms with Crippen LogP contribution >= 0.6 is 0 Å². The van der Waals surface area contributed by atoms with E-state index in [4.69, 9.17) is 10.5 Å². The Labute approximate surface area is 112 Å². The van der Waals surface area contributed by atoms with Crippen molar-refractivity contribution in [2.24, 2.45) is 0 Å². The number of anilines is 1. The highest BCUT2D eigenvalue weighted by atomic mass is 16.5. The highest BCUT2D eigenvalue weighted by molar-refractivity contribution is 5.54. The molecule has 2 N–H and O–H groups in total. The van der Waals surface area contributed by atoms with Gasteiger partial charge in [0.1, 0.15) is 5.75 Å². The molecule has 0 aliphatic rings. The zero-order valence-corrected chi connectivity index (χ0v) is 11.4. The second kappa shape index (κ2) is 5.18. The molecular weight excluding hydrogens is 240 g/mol. The molecule has 0 unspecified atom stereocenters. The van der Waals surface area contributed by atoms with Crippen molar-refractivity contribution in [1.82, 2.24) is 4.57 Å². The first kappa shape index (κ1) is 13.2. The number of ether oxygens (including phenoxy) is 1. The van der Waals surface area contributed by atoms with E-state index in [1.807, 2.05) is 32.0 Å². The van der Waals surface area contributed by atoms with Crippen LogP contribution in [0, 0.1) is 13.8 Å². The Balaban J connectivity index is 2.36. The Hall–Kier alpha value is -2.23. The maximum absolute atomic E-state index is 11.4. The fourth-order valence-corrected chi connectivity index (χ4v) is 2.20. The molecule has 2 rings (SSSR count). The lowest BCUT2D eigenvalue weighted by atomic mass is 10.1. The Morgan fingerprint density at radius 2 is 1.79 bits per heavy atom. The van der Waals surface area contributed by atoms with Gasteiger partial charge in [0.2, 0.25) is 0 Å². The van der Waals surface area contributed by atoms with Crippen molar-refractivity contribution in [3.8, 4) is 5.75 Å². The molecule has 0 amide bonds. The van der Waals surface area contributed by atoms with Crippen molar-refractivity contribution in [1.29, 1.82) is 0 Å². The topological polar surface area (TPSA) is 57.2 Å². The molecule has 0 spiro atoms. The molecule has 0 fully saturated rings. The number of rotatable bonds is 3. The molecule has 0 aliphatic carbocycles. The third-order valence-electron chi connectivity index (χ3n) is 3.19. The van der Waals surface area contributed by atoms with Crippen LogP contribution in [0.15, 0.2) is 35.1 Å². The summed E-state index contributed by atoms with van der Waals surface area (Å²) in [4.78, 5) is 11.4. The molecule has 0 saturated heterocycles. The molecule has 0 atom stereocenters. The molecule has 0 radical (unpaired) electrons. The van der Waals surface area contributed by atoms with Crippen molar-refractivity contribution in [3.05, 3.63) is 57.5 Å². The van der Waals surface area contributed by atoms with E-state index >= 15 is 0 Å². The summed E-state index contributed by atoms with van der Waals surface area (Å²) in [6, 6.07) is 9.01. The van der Waals surface area contributed by atoms with Crippen LogP contribution in [0.3, 0.4) is 0 Å². The molecule has 2 aromatic rings. The summed E-state index contributed by atoms with van der Waals surface area (Å²) < 4.78 is 7.23. The zero-order valence-electron chi connectivity index (χ0n) is 11.4. The molecule has 4 heteroatoms. The fourth-order valence-electron chi connectivity index (χ4n) is 2.20. The maximum Gasteiger partial charge on any atom is 0.182 e. The SMILES string of the molecule is COc1ccc(Cn2c(C)cc(=O)cc2C)cc1N. The molecule has 0 saturated carbocycles. The molecular formula is C15H18N2O2. The number of methoxy groups -OCH3 is 1. The van der Waals surface area contributed by atoms with Crippen molar-refractivity contribution in [3.63, 3.8) is 0 Å². The minimum absolute atomic E-state index is 0.0421. The van der Waals surface area contributed by atoms with Crippen molar-refractivity contribution >= 4 is 5.69 Å². The van der Waals surface area contributed by atoms with E-state index in [0.29, 0.717) is 18.0 Å². The van der Waals surface area contributed by atoms with Gasteiger partial charge in [-0.3, -0.25) is 4.79 Å². The number of benzene rings is 1. The first-order chi connectivity index (χ1) is 9.01. The van der Waals surface area contributed by atoms with Gasteiger partial charge in [-0.05, 0) is 31.5 Å². The van der Waals surface area contributed by atoms with Crippen LogP contribution in [0.1, 0.15) is 17.0 Å². The number of aryl methyl sites for hydroxylation is 2. The van der Waals surface area contributed by atoms with Crippen molar-refractivity contribution in [2.45, 2.75) is 20.4 Å². The summed E-state index contributed by atoms with van der Waals surface area (Å²) in [5, 5.41) is 0. The van der Waals surface area contributed by atoms with E-state index in [-0.39, 0.29) is 5.43 Å². The number of hydrogen-bond donors (Lipinski definition) is 1. The molecule has 1 aromatic heterocycles. The Morgan fingerprint density at radius 3 is 2.32 bits per heavy atom. The summed E-state index contributed by atoms with van der Waals surface area (Å²) in [5.74, 6) is 0.678. The number of pyridine rings is 1. The molecule has 1 aromatic carbocycles. The predicted molar refractivity (Wildman–Crippen MR) is 76.7 cm³/mol. The average molecular weight is 258 g/mol. The summed E-state index contributed by atoms with van der Waals surface area (Å²) in [6.07, 6.45) is 0. The quantitative estimate of drug-likeness (QED) is 0.858. The van der Waals surface area contributed by atoms with Gasteiger partial charge in [0, 0.05) is 30.1 Å². The number of nitrogens with zero attached hydrogens (tertiary/aromatic N) is 1. The van der Waals surface area contributed by atoms with Gasteiger partial charge in [0.15, 0.2) is 5.43 Å². The summed E-state index contributed by atoms with van der Waals surface area (Å²) in [5.41, 5.74) is 9.53. The molecule has 1 heterocycles. The van der Waals surface area contributed by atoms with Gasteiger partial charge in [-0.1, -0.05) is 6.07 Å². The minimum Gasteiger partial charge on any atom is -0.495 e. The predicted octanol–water partition coefficient (Wildman–Crippen LogP) is 2.10. The lowest BCUT2D eigenvalue weighted by molar-refractivity contribution is 0.417. The van der Waals surface area contributed by atoms with E-state index in [2.05, 4.69) is 4.57 Å². The van der Waals surface area contributed by atoms with Gasteiger partial charge in [-0.2, -0.15) is 0 Å². The van der Waals surface area contributed by atoms with Crippen LogP contribution in [-0.4, -0.2) is 11.7 Å². The number of nitrogen functional groups attached to an aromatic ring is 1. The van der Waals surface area contributed by atoms with Crippen LogP contribution in [0.25, 0.3) is 0 Å². The molecule has 100 valence electrons. The summed E-state index contributed by atoms with van der Waals surface area (Å²) in [7, 11) is 1.60. The molecule has 0 aliphatic heterocycles. The van der Waals surface area contributed by atoms with E-state index in [0.717, 1.165) is 17.0 Å². The molecule has 4 nitrogen and oxygen atoms in total. The second-order valence-electron chi connectivity index (χ2n) is 4.64. The van der Waals surface area contributed by atoms with E-state index in [1.54, 1.807) is 19.2 Å². The largest absolute Gasteiger partial charge is 0.495 e. The lowest BCUT2D eigenvalue weighted by Crippen LogP contribution is -2.13. The van der Waals surface area contributed by atoms with E-state index in [1.165, 1.54) is 0 Å². The van der Waals surface area contributed by atoms with Crippen LogP contribution in [0.5, 0.6) is 5.75 Å². The Kier molecular flexibility index (Phi) is 3.60. The van der Waals surface area contributed by atoms with Gasteiger partial charge in [-0.25, -0.2) is 0 Å². The molecule has 19 heavy (non-hydrogen) atoms. The van der Waals surface area contributed by atoms with Crippen molar-refractivity contribution < 1.29 is 4.74 Å². The number of hydrogen-bond acceptors (Lipinski definition) is 3. The summed E-state index contributed by atoms with van der Waals surface area (Å²) in [6.45, 7) is 4.55. The highest BCUT2D eigenvalue weighted by Crippen LogP contribution is 2.22. The van der Waals surface area contributed by atoms with Crippen LogP contribution in [0.2, 0.25) is 0 Å². The number of nitrogens with two attached hydrogens (primary N) is 1. The Morgan fingerprint density at radius 1 is 1.16 bits per heavy atom. The van der Waals surface area contributed by atoms with Crippen LogP contribution < -0.4 is 15.9 Å². The van der Waals surface area contributed by atoms with Crippen LogP contribution in [-0.2, 0) is 6.54 Å². The van der Waals surface area contributed by atoms with Gasteiger partial charge in [-0.15, -0.1) is 0 Å². The van der Waals surface area contributed by atoms with Gasteiger partial charge in [0.25, 0.3) is 0 Å². The fraction of sp³-hybridized carbons (Fsp3) is 0.267. The standard InChI is InChI=1S/C15H18N2O2/c1-10-6-13(18)7-11(2)17(10)9-12-4-5-15(19-3)14(16)8-12/h4-8H,9,16H2,1-3H3. The van der Waals surface area contributed by atoms with Gasteiger partial charge < -0.3 is 15.0 Å². The third kappa shape index (κ3) is 2.78. The first-order valence-electron chi connectivity index (χ1n) is 6.11. The third-order valence-corrected chi connectivity index (χ3v) is 3.19. The maximum atomic E-state index is 11.4. The normalized spacial score (nSPS) is 10.5. The van der Waals surface area contributed by atoms with Crippen LogP contribution in [0.4, 0.5) is 5.69 Å². The monoisotopic (exact) mass is 258 g/mol. The highest BCUT2D eigenvalue weighted by Gasteiger charge is 2.05. The summed E-state index contributed by atoms with van der Waals surface area (Å²) >= 11 is 0. The number of aromatic nitrogens is 1. The van der Waals surface area contributed by atoms with E-state index in [9.17, 15) is 4.79 Å².